The van der Waals surface area contributed by atoms with Gasteiger partial charge in [-0.2, -0.15) is 12.6 Å². The first kappa shape index (κ1) is 35.7. The van der Waals surface area contributed by atoms with Crippen LogP contribution in [0.25, 0.3) is 21.5 Å². The number of carbonyl (C=O) groups is 4. The number of aliphatic carboxylic acids is 1. The number of rotatable bonds is 16. The van der Waals surface area contributed by atoms with Gasteiger partial charge in [0.2, 0.25) is 17.7 Å². The van der Waals surface area contributed by atoms with Gasteiger partial charge in [0.25, 0.3) is 0 Å². The summed E-state index contributed by atoms with van der Waals surface area (Å²) in [5.41, 5.74) is 13.3. The Labute approximate surface area is 283 Å². The number of fused-ring (bicyclic) bond motifs is 2. The summed E-state index contributed by atoms with van der Waals surface area (Å²) in [6, 6.07) is 22.4. The first-order valence-electron chi connectivity index (χ1n) is 15.6. The van der Waals surface area contributed by atoms with Crippen molar-refractivity contribution < 1.29 is 24.3 Å². The third-order valence-corrected chi connectivity index (χ3v) is 8.27. The van der Waals surface area contributed by atoms with E-state index in [0.29, 0.717) is 6.42 Å². The summed E-state index contributed by atoms with van der Waals surface area (Å²) in [4.78, 5) is 52.2. The molecule has 0 aromatic heterocycles. The van der Waals surface area contributed by atoms with Crippen LogP contribution in [-0.2, 0) is 32.0 Å². The Bertz CT molecular complexity index is 1780. The molecule has 48 heavy (non-hydrogen) atoms. The number of carbonyl (C=O) groups excluding carboxylic acids is 3. The minimum absolute atomic E-state index is 0.0509. The third kappa shape index (κ3) is 10.2. The highest BCUT2D eigenvalue weighted by Gasteiger charge is 2.30. The Morgan fingerprint density at radius 1 is 0.708 bits per heavy atom. The van der Waals surface area contributed by atoms with Crippen LogP contribution in [0.4, 0.5) is 0 Å². The van der Waals surface area contributed by atoms with Crippen molar-refractivity contribution in [3.05, 3.63) is 96.1 Å². The average molecular weight is 672 g/mol. The predicted molar refractivity (Wildman–Crippen MR) is 190 cm³/mol. The molecule has 0 fully saturated rings. The van der Waals surface area contributed by atoms with Gasteiger partial charge in [-0.15, -0.1) is 0 Å². The predicted octanol–water partition coefficient (Wildman–Crippen LogP) is 1.84. The molecule has 0 radical (unpaired) electrons. The van der Waals surface area contributed by atoms with Crippen LogP contribution in [0.2, 0.25) is 0 Å². The van der Waals surface area contributed by atoms with E-state index in [2.05, 4.69) is 33.9 Å². The molecule has 0 saturated carbocycles. The maximum absolute atomic E-state index is 13.8. The quantitative estimate of drug-likeness (QED) is 0.0370. The highest BCUT2D eigenvalue weighted by molar-refractivity contribution is 7.80. The van der Waals surface area contributed by atoms with Crippen LogP contribution in [-0.4, -0.2) is 71.2 Å². The summed E-state index contributed by atoms with van der Waals surface area (Å²) in [7, 11) is 0. The molecule has 0 aliphatic carbocycles. The Morgan fingerprint density at radius 3 is 1.75 bits per heavy atom. The lowest BCUT2D eigenvalue weighted by molar-refractivity contribution is -0.141. The Balaban J connectivity index is 1.52. The molecule has 3 amide bonds. The van der Waals surface area contributed by atoms with E-state index in [4.69, 9.17) is 16.9 Å². The molecule has 4 aromatic rings. The molecule has 0 bridgehead atoms. The minimum Gasteiger partial charge on any atom is -0.480 e. The summed E-state index contributed by atoms with van der Waals surface area (Å²) >= 11 is 4.04. The zero-order valence-electron chi connectivity index (χ0n) is 26.3. The van der Waals surface area contributed by atoms with Gasteiger partial charge < -0.3 is 37.8 Å². The Kier molecular flexibility index (Phi) is 12.7. The van der Waals surface area contributed by atoms with Gasteiger partial charge >= 0.3 is 5.97 Å². The van der Waals surface area contributed by atoms with Crippen LogP contribution in [0.15, 0.2) is 84.9 Å². The number of amides is 3. The lowest BCUT2D eigenvalue weighted by Crippen LogP contribution is -2.58. The molecule has 4 aromatic carbocycles. The molecule has 0 heterocycles. The Morgan fingerprint density at radius 2 is 1.21 bits per heavy atom. The summed E-state index contributed by atoms with van der Waals surface area (Å²) in [5.74, 6) is -3.58. The van der Waals surface area contributed by atoms with Crippen molar-refractivity contribution in [2.24, 2.45) is 11.5 Å². The number of hydrogen-bond acceptors (Lipinski definition) is 7. The van der Waals surface area contributed by atoms with E-state index < -0.39 is 47.9 Å². The molecule has 10 N–H and O–H groups in total. The molecular formula is C35H41N7O5S. The maximum Gasteiger partial charge on any atom is 0.327 e. The van der Waals surface area contributed by atoms with Gasteiger partial charge in [0.05, 0.1) is 6.04 Å². The van der Waals surface area contributed by atoms with Crippen LogP contribution >= 0.6 is 12.6 Å². The number of nitrogens with two attached hydrogens (primary N) is 2. The number of hydrogen-bond donors (Lipinski definition) is 9. The fraction of sp³-hybridized carbons (Fsp3) is 0.286. The van der Waals surface area contributed by atoms with Gasteiger partial charge in [-0.25, -0.2) is 4.79 Å². The van der Waals surface area contributed by atoms with Gasteiger partial charge in [0.15, 0.2) is 5.96 Å². The summed E-state index contributed by atoms with van der Waals surface area (Å²) in [5, 5.41) is 31.5. The smallest absolute Gasteiger partial charge is 0.327 e. The zero-order chi connectivity index (χ0) is 34.6. The van der Waals surface area contributed by atoms with Gasteiger partial charge in [0.1, 0.15) is 18.1 Å². The zero-order valence-corrected chi connectivity index (χ0v) is 27.2. The monoisotopic (exact) mass is 671 g/mol. The normalized spacial score (nSPS) is 13.5. The topological polar surface area (TPSA) is 213 Å². The molecule has 252 valence electrons. The summed E-state index contributed by atoms with van der Waals surface area (Å²) < 4.78 is 0. The van der Waals surface area contributed by atoms with Crippen molar-refractivity contribution in [1.82, 2.24) is 21.3 Å². The average Bonchev–Trinajstić information content (AvgIpc) is 3.07. The molecule has 13 heteroatoms. The molecular weight excluding hydrogens is 630 g/mol. The van der Waals surface area contributed by atoms with Crippen LogP contribution in [0.3, 0.4) is 0 Å². The van der Waals surface area contributed by atoms with Crippen molar-refractivity contribution in [3.63, 3.8) is 0 Å². The molecule has 0 spiro atoms. The number of thiol groups is 1. The van der Waals surface area contributed by atoms with Crippen LogP contribution in [0.1, 0.15) is 24.0 Å². The first-order valence-corrected chi connectivity index (χ1v) is 16.2. The SMILES string of the molecule is N=C(N)NCCC[C@H](NC(=O)[C@@H](N)Cc1ccc2ccccc2c1)C(=O)N[C@@H](Cc1ccc2ccccc2c1)C(=O)N[C@@H](CS)C(=O)O. The van der Waals surface area contributed by atoms with Crippen molar-refractivity contribution in [3.8, 4) is 0 Å². The van der Waals surface area contributed by atoms with Crippen LogP contribution in [0.5, 0.6) is 0 Å². The van der Waals surface area contributed by atoms with E-state index in [0.717, 1.165) is 32.7 Å². The number of carboxylic acid groups (broad SMARTS) is 1. The van der Waals surface area contributed by atoms with E-state index in [1.807, 2.05) is 84.9 Å². The van der Waals surface area contributed by atoms with Gasteiger partial charge in [-0.05, 0) is 51.9 Å². The molecule has 0 aliphatic heterocycles. The van der Waals surface area contributed by atoms with E-state index in [1.165, 1.54) is 0 Å². The van der Waals surface area contributed by atoms with Crippen LogP contribution < -0.4 is 32.7 Å². The molecule has 0 saturated heterocycles. The lowest BCUT2D eigenvalue weighted by Gasteiger charge is -2.25. The molecule has 4 atom stereocenters. The highest BCUT2D eigenvalue weighted by Crippen LogP contribution is 2.18. The number of guanidine groups is 1. The van der Waals surface area contributed by atoms with E-state index in [1.54, 1.807) is 0 Å². The second-order valence-corrected chi connectivity index (χ2v) is 11.9. The fourth-order valence-corrected chi connectivity index (χ4v) is 5.58. The van der Waals surface area contributed by atoms with E-state index in [9.17, 15) is 24.3 Å². The number of nitrogens with one attached hydrogen (secondary N) is 5. The van der Waals surface area contributed by atoms with Gasteiger partial charge in [-0.3, -0.25) is 19.8 Å². The van der Waals surface area contributed by atoms with Crippen molar-refractivity contribution in [2.45, 2.75) is 49.9 Å². The van der Waals surface area contributed by atoms with Crippen molar-refractivity contribution in [2.75, 3.05) is 12.3 Å². The largest absolute Gasteiger partial charge is 0.480 e. The Hall–Kier alpha value is -5.14. The molecule has 4 rings (SSSR count). The number of benzene rings is 4. The second-order valence-electron chi connectivity index (χ2n) is 11.6. The highest BCUT2D eigenvalue weighted by atomic mass is 32.1. The molecule has 0 unspecified atom stereocenters. The van der Waals surface area contributed by atoms with Crippen molar-refractivity contribution in [1.29, 1.82) is 5.41 Å². The first-order chi connectivity index (χ1) is 23.0. The van der Waals surface area contributed by atoms with Gasteiger partial charge in [0, 0.05) is 18.7 Å². The van der Waals surface area contributed by atoms with Crippen molar-refractivity contribution >= 4 is 63.8 Å². The standard InChI is InChI=1S/C35H41N7O5S/c36-27(18-21-11-13-23-6-1-3-8-25(23)16-21)31(43)40-28(10-5-15-39-35(37)38)32(44)41-29(33(45)42-30(20-48)34(46)47)19-22-12-14-24-7-2-4-9-26(24)17-22/h1-4,6-9,11-14,16-17,27-30,48H,5,10,15,18-20,36H2,(H,40,43)(H,41,44)(H,42,45)(H,46,47)(H4,37,38,39)/t27-,28-,29-,30-/m0/s1. The minimum atomic E-state index is -1.28. The summed E-state index contributed by atoms with van der Waals surface area (Å²) in [6.45, 7) is 0.265. The molecule has 12 nitrogen and oxygen atoms in total. The second kappa shape index (κ2) is 17.1. The third-order valence-electron chi connectivity index (χ3n) is 7.91. The summed E-state index contributed by atoms with van der Waals surface area (Å²) in [6.07, 6.45) is 0.763. The maximum atomic E-state index is 13.8. The lowest BCUT2D eigenvalue weighted by atomic mass is 10.00. The van der Waals surface area contributed by atoms with Crippen LogP contribution in [0, 0.1) is 5.41 Å². The number of carboxylic acids is 1. The van der Waals surface area contributed by atoms with E-state index >= 15 is 0 Å². The fourth-order valence-electron chi connectivity index (χ4n) is 5.33. The van der Waals surface area contributed by atoms with E-state index in [-0.39, 0.29) is 37.5 Å². The van der Waals surface area contributed by atoms with Gasteiger partial charge in [-0.1, -0.05) is 84.9 Å². The molecule has 0 aliphatic rings.